The molecule has 0 aliphatic carbocycles. The van der Waals surface area contributed by atoms with Gasteiger partial charge < -0.3 is 5.11 Å². The minimum atomic E-state index is -1.35. The van der Waals surface area contributed by atoms with Gasteiger partial charge in [-0.15, -0.1) is 0 Å². The van der Waals surface area contributed by atoms with Crippen LogP contribution >= 0.6 is 23.4 Å². The number of carbonyl (C=O) groups is 2. The first-order chi connectivity index (χ1) is 11.4. The van der Waals surface area contributed by atoms with Crippen molar-refractivity contribution in [2.24, 2.45) is 0 Å². The summed E-state index contributed by atoms with van der Waals surface area (Å²) in [5.41, 5.74) is 2.32. The van der Waals surface area contributed by atoms with Gasteiger partial charge in [-0.25, -0.2) is 0 Å². The van der Waals surface area contributed by atoms with Gasteiger partial charge in [0.2, 0.25) is 5.12 Å². The highest BCUT2D eigenvalue weighted by Gasteiger charge is 2.38. The maximum atomic E-state index is 11.9. The van der Waals surface area contributed by atoms with E-state index >= 15 is 0 Å². The van der Waals surface area contributed by atoms with Crippen LogP contribution in [0.2, 0.25) is 5.02 Å². The molecular weight excluding hydrogens is 344 g/mol. The number of carbonyl (C=O) groups excluding carboxylic acids is 1. The third kappa shape index (κ3) is 3.89. The summed E-state index contributed by atoms with van der Waals surface area (Å²) in [7, 11) is 0. The van der Waals surface area contributed by atoms with Crippen molar-refractivity contribution >= 4 is 34.4 Å². The predicted octanol–water partition coefficient (Wildman–Crippen LogP) is 5.14. The molecule has 2 aromatic carbocycles. The van der Waals surface area contributed by atoms with Gasteiger partial charge in [-0.1, -0.05) is 71.9 Å². The maximum Gasteiger partial charge on any atom is 0.324 e. The predicted molar refractivity (Wildman–Crippen MR) is 99.3 cm³/mol. The van der Waals surface area contributed by atoms with Crippen LogP contribution in [0.25, 0.3) is 11.1 Å². The fraction of sp³-hybridized carbons (Fsp3) is 0.158. The summed E-state index contributed by atoms with van der Waals surface area (Å²) in [6.45, 7) is 3.25. The molecule has 0 spiro atoms. The molecule has 2 rings (SSSR count). The first kappa shape index (κ1) is 18.3. The van der Waals surface area contributed by atoms with Gasteiger partial charge in [-0.2, -0.15) is 0 Å². The lowest BCUT2D eigenvalue weighted by molar-refractivity contribution is -0.139. The number of thioether (sulfide) groups is 1. The number of halogens is 1. The summed E-state index contributed by atoms with van der Waals surface area (Å²) in [6.07, 6.45) is 2.96. The normalized spacial score (nSPS) is 13.6. The van der Waals surface area contributed by atoms with Gasteiger partial charge in [0.1, 0.15) is 4.75 Å². The van der Waals surface area contributed by atoms with E-state index < -0.39 is 10.7 Å². The van der Waals surface area contributed by atoms with Gasteiger partial charge in [0.05, 0.1) is 0 Å². The Hall–Kier alpha value is -2.04. The maximum absolute atomic E-state index is 11.9. The molecule has 0 amide bonds. The number of hydrogen-bond acceptors (Lipinski definition) is 3. The number of rotatable bonds is 5. The van der Waals surface area contributed by atoms with E-state index in [1.165, 1.54) is 13.0 Å². The number of allylic oxidation sites excluding steroid dienone is 1. The molecule has 0 heterocycles. The Bertz CT molecular complexity index is 783. The van der Waals surface area contributed by atoms with E-state index in [2.05, 4.69) is 0 Å². The highest BCUT2D eigenvalue weighted by Crippen LogP contribution is 2.38. The van der Waals surface area contributed by atoms with E-state index in [9.17, 15) is 14.7 Å². The SMILES string of the molecule is C/C=C/C(=O)SC(C)(C(=O)O)c1ccc(-c2ccccc2Cl)cc1. The second-order valence-electron chi connectivity index (χ2n) is 5.32. The second-order valence-corrected chi connectivity index (χ2v) is 7.15. The summed E-state index contributed by atoms with van der Waals surface area (Å²) in [5, 5.41) is 9.95. The molecule has 0 aromatic heterocycles. The Morgan fingerprint density at radius 1 is 1.12 bits per heavy atom. The van der Waals surface area contributed by atoms with Crippen molar-refractivity contribution in [1.82, 2.24) is 0 Å². The van der Waals surface area contributed by atoms with Crippen molar-refractivity contribution in [2.45, 2.75) is 18.6 Å². The van der Waals surface area contributed by atoms with Crippen molar-refractivity contribution < 1.29 is 14.7 Å². The lowest BCUT2D eigenvalue weighted by atomic mass is 9.97. The molecule has 0 saturated carbocycles. The van der Waals surface area contributed by atoms with Crippen LogP contribution in [0.3, 0.4) is 0 Å². The molecule has 0 saturated heterocycles. The van der Waals surface area contributed by atoms with Gasteiger partial charge >= 0.3 is 5.97 Å². The molecule has 1 unspecified atom stereocenters. The van der Waals surface area contributed by atoms with Crippen LogP contribution in [-0.2, 0) is 14.3 Å². The van der Waals surface area contributed by atoms with Crippen LogP contribution in [0.1, 0.15) is 19.4 Å². The monoisotopic (exact) mass is 360 g/mol. The highest BCUT2D eigenvalue weighted by molar-refractivity contribution is 8.15. The molecule has 1 N–H and O–H groups in total. The van der Waals surface area contributed by atoms with E-state index in [-0.39, 0.29) is 5.12 Å². The molecule has 5 heteroatoms. The molecule has 3 nitrogen and oxygen atoms in total. The van der Waals surface area contributed by atoms with E-state index in [0.717, 1.165) is 22.9 Å². The van der Waals surface area contributed by atoms with Gasteiger partial charge in [0.25, 0.3) is 0 Å². The third-order valence-electron chi connectivity index (χ3n) is 3.64. The highest BCUT2D eigenvalue weighted by atomic mass is 35.5. The molecule has 0 aliphatic rings. The first-order valence-corrected chi connectivity index (χ1v) is 8.52. The summed E-state index contributed by atoms with van der Waals surface area (Å²) in [4.78, 5) is 23.6. The minimum Gasteiger partial charge on any atom is -0.480 e. The number of hydrogen-bond donors (Lipinski definition) is 1. The number of carboxylic acid groups (broad SMARTS) is 1. The van der Waals surface area contributed by atoms with Crippen molar-refractivity contribution in [3.63, 3.8) is 0 Å². The van der Waals surface area contributed by atoms with E-state index in [1.807, 2.05) is 30.3 Å². The summed E-state index contributed by atoms with van der Waals surface area (Å²) >= 11 is 6.98. The molecule has 1 atom stereocenters. The van der Waals surface area contributed by atoms with Crippen LogP contribution in [-0.4, -0.2) is 16.2 Å². The molecule has 0 fully saturated rings. The molecule has 24 heavy (non-hydrogen) atoms. The zero-order valence-corrected chi connectivity index (χ0v) is 14.9. The van der Waals surface area contributed by atoms with Crippen LogP contribution in [0.15, 0.2) is 60.7 Å². The van der Waals surface area contributed by atoms with Crippen LogP contribution in [0, 0.1) is 0 Å². The molecule has 2 aromatic rings. The number of carboxylic acids is 1. The topological polar surface area (TPSA) is 54.4 Å². The fourth-order valence-electron chi connectivity index (χ4n) is 2.26. The molecular formula is C19H17ClO3S. The van der Waals surface area contributed by atoms with Gasteiger partial charge in [-0.05, 0) is 37.1 Å². The Balaban J connectivity index is 2.38. The Morgan fingerprint density at radius 3 is 2.29 bits per heavy atom. The first-order valence-electron chi connectivity index (χ1n) is 7.33. The zero-order valence-electron chi connectivity index (χ0n) is 13.3. The van der Waals surface area contributed by atoms with Crippen molar-refractivity contribution in [1.29, 1.82) is 0 Å². The van der Waals surface area contributed by atoms with Gasteiger partial charge in [-0.3, -0.25) is 9.59 Å². The Morgan fingerprint density at radius 2 is 1.75 bits per heavy atom. The number of benzene rings is 2. The Kier molecular flexibility index (Phi) is 5.86. The van der Waals surface area contributed by atoms with Crippen molar-refractivity contribution in [3.05, 3.63) is 71.3 Å². The fourth-order valence-corrected chi connectivity index (χ4v) is 3.45. The summed E-state index contributed by atoms with van der Waals surface area (Å²) < 4.78 is -1.35. The lowest BCUT2D eigenvalue weighted by Crippen LogP contribution is -2.30. The minimum absolute atomic E-state index is 0.294. The van der Waals surface area contributed by atoms with Crippen LogP contribution < -0.4 is 0 Å². The van der Waals surface area contributed by atoms with E-state index in [1.54, 1.807) is 31.2 Å². The summed E-state index contributed by atoms with van der Waals surface area (Å²) in [6, 6.07) is 14.5. The van der Waals surface area contributed by atoms with Crippen LogP contribution in [0.4, 0.5) is 0 Å². The molecule has 0 bridgehead atoms. The smallest absolute Gasteiger partial charge is 0.324 e. The summed E-state index contributed by atoms with van der Waals surface area (Å²) in [5.74, 6) is -1.06. The second kappa shape index (κ2) is 7.69. The lowest BCUT2D eigenvalue weighted by Gasteiger charge is -2.23. The van der Waals surface area contributed by atoms with Crippen molar-refractivity contribution in [3.8, 4) is 11.1 Å². The number of aliphatic carboxylic acids is 1. The third-order valence-corrected chi connectivity index (χ3v) is 5.12. The molecule has 0 radical (unpaired) electrons. The van der Waals surface area contributed by atoms with Gasteiger partial charge in [0, 0.05) is 10.6 Å². The van der Waals surface area contributed by atoms with E-state index in [0.29, 0.717) is 10.6 Å². The average molecular weight is 361 g/mol. The Labute approximate surface area is 150 Å². The molecule has 124 valence electrons. The zero-order chi connectivity index (χ0) is 17.7. The quantitative estimate of drug-likeness (QED) is 0.750. The van der Waals surface area contributed by atoms with Crippen molar-refractivity contribution in [2.75, 3.05) is 0 Å². The standard InChI is InChI=1S/C19H17ClO3S/c1-3-6-17(21)24-19(2,18(22)23)14-11-9-13(10-12-14)15-7-4-5-8-16(15)20/h3-12H,1-2H3,(H,22,23)/b6-3+. The van der Waals surface area contributed by atoms with Crippen LogP contribution in [0.5, 0.6) is 0 Å². The molecule has 0 aliphatic heterocycles. The largest absolute Gasteiger partial charge is 0.480 e. The van der Waals surface area contributed by atoms with Gasteiger partial charge in [0.15, 0.2) is 0 Å². The van der Waals surface area contributed by atoms with E-state index in [4.69, 9.17) is 11.6 Å². The average Bonchev–Trinajstić information content (AvgIpc) is 2.55.